The summed E-state index contributed by atoms with van der Waals surface area (Å²) in [5.41, 5.74) is 1.63. The van der Waals surface area contributed by atoms with Gasteiger partial charge in [0, 0.05) is 34.4 Å². The Morgan fingerprint density at radius 3 is 2.71 bits per heavy atom. The molecule has 0 unspecified atom stereocenters. The van der Waals surface area contributed by atoms with Crippen molar-refractivity contribution >= 4 is 33.5 Å². The van der Waals surface area contributed by atoms with Gasteiger partial charge in [0.15, 0.2) is 5.82 Å². The Bertz CT molecular complexity index is 857. The summed E-state index contributed by atoms with van der Waals surface area (Å²) in [6.45, 7) is 0.637. The number of hydrogen-bond acceptors (Lipinski definition) is 5. The lowest BCUT2D eigenvalue weighted by Gasteiger charge is -2.33. The SMILES string of the molecule is COc1nc(-c2cccc(Br)c2Cl)ncc1CN(C)C1CCC(C(=O)O)CC1. The van der Waals surface area contributed by atoms with E-state index in [1.165, 1.54) is 0 Å². The number of carbonyl (C=O) groups is 1. The minimum Gasteiger partial charge on any atom is -0.481 e. The molecule has 0 bridgehead atoms. The van der Waals surface area contributed by atoms with Crippen molar-refractivity contribution in [3.8, 4) is 17.3 Å². The molecule has 6 nitrogen and oxygen atoms in total. The number of halogens is 2. The molecule has 150 valence electrons. The van der Waals surface area contributed by atoms with Crippen LogP contribution in [0.25, 0.3) is 11.4 Å². The Labute approximate surface area is 178 Å². The predicted molar refractivity (Wildman–Crippen MR) is 112 cm³/mol. The number of hydrogen-bond donors (Lipinski definition) is 1. The monoisotopic (exact) mass is 467 g/mol. The molecule has 1 N–H and O–H groups in total. The second kappa shape index (κ2) is 9.20. The second-order valence-electron chi connectivity index (χ2n) is 7.09. The molecular weight excluding hydrogens is 446 g/mol. The Balaban J connectivity index is 1.74. The maximum absolute atomic E-state index is 11.1. The first-order valence-electron chi connectivity index (χ1n) is 9.18. The molecule has 1 aromatic heterocycles. The molecule has 0 amide bonds. The predicted octanol–water partition coefficient (Wildman–Crippen LogP) is 4.64. The van der Waals surface area contributed by atoms with Crippen LogP contribution in [0.1, 0.15) is 31.2 Å². The van der Waals surface area contributed by atoms with Crippen LogP contribution in [0.4, 0.5) is 0 Å². The lowest BCUT2D eigenvalue weighted by Crippen LogP contribution is -2.36. The smallest absolute Gasteiger partial charge is 0.306 e. The standard InChI is InChI=1S/C20H23BrClN3O3/c1-25(14-8-6-12(7-9-14)20(26)27)11-13-10-23-18(24-19(13)28-2)15-4-3-5-16(21)17(15)22/h3-5,10,12,14H,6-9,11H2,1-2H3,(H,26,27). The molecule has 0 aliphatic heterocycles. The van der Waals surface area contributed by atoms with Crippen LogP contribution in [0, 0.1) is 5.92 Å². The Morgan fingerprint density at radius 1 is 1.36 bits per heavy atom. The molecule has 0 saturated heterocycles. The zero-order valence-corrected chi connectivity index (χ0v) is 18.2. The summed E-state index contributed by atoms with van der Waals surface area (Å²) in [5.74, 6) is 0.137. The number of carboxylic acid groups (broad SMARTS) is 1. The molecule has 2 aromatic rings. The summed E-state index contributed by atoms with van der Waals surface area (Å²) in [6.07, 6.45) is 4.97. The van der Waals surface area contributed by atoms with Crippen LogP contribution in [0.5, 0.6) is 5.88 Å². The lowest BCUT2D eigenvalue weighted by molar-refractivity contribution is -0.143. The van der Waals surface area contributed by atoms with Gasteiger partial charge in [-0.1, -0.05) is 17.7 Å². The molecule has 3 rings (SSSR count). The number of aromatic nitrogens is 2. The molecule has 1 fully saturated rings. The zero-order chi connectivity index (χ0) is 20.3. The van der Waals surface area contributed by atoms with Gasteiger partial charge in [-0.25, -0.2) is 4.98 Å². The van der Waals surface area contributed by atoms with E-state index in [1.54, 1.807) is 13.3 Å². The van der Waals surface area contributed by atoms with Gasteiger partial charge in [0.05, 0.1) is 18.1 Å². The number of carboxylic acids is 1. The third-order valence-electron chi connectivity index (χ3n) is 5.30. The van der Waals surface area contributed by atoms with Gasteiger partial charge in [0.1, 0.15) is 0 Å². The van der Waals surface area contributed by atoms with Gasteiger partial charge >= 0.3 is 5.97 Å². The van der Waals surface area contributed by atoms with Crippen LogP contribution in [-0.2, 0) is 11.3 Å². The minimum atomic E-state index is -0.682. The van der Waals surface area contributed by atoms with Crippen molar-refractivity contribution in [2.24, 2.45) is 5.92 Å². The lowest BCUT2D eigenvalue weighted by atomic mass is 9.85. The van der Waals surface area contributed by atoms with Crippen molar-refractivity contribution < 1.29 is 14.6 Å². The highest BCUT2D eigenvalue weighted by Gasteiger charge is 2.28. The fraction of sp³-hybridized carbons (Fsp3) is 0.450. The van der Waals surface area contributed by atoms with Crippen LogP contribution in [0.3, 0.4) is 0 Å². The molecule has 1 aliphatic rings. The van der Waals surface area contributed by atoms with Gasteiger partial charge in [0.2, 0.25) is 5.88 Å². The molecule has 1 aromatic carbocycles. The fourth-order valence-electron chi connectivity index (χ4n) is 3.64. The summed E-state index contributed by atoms with van der Waals surface area (Å²) in [7, 11) is 3.64. The highest BCUT2D eigenvalue weighted by molar-refractivity contribution is 9.10. The van der Waals surface area contributed by atoms with E-state index in [2.05, 4.69) is 30.8 Å². The molecule has 1 aliphatic carbocycles. The van der Waals surface area contributed by atoms with E-state index in [4.69, 9.17) is 21.4 Å². The molecule has 0 radical (unpaired) electrons. The largest absolute Gasteiger partial charge is 0.481 e. The quantitative estimate of drug-likeness (QED) is 0.665. The number of nitrogens with zero attached hydrogens (tertiary/aromatic N) is 3. The number of benzene rings is 1. The number of ether oxygens (including phenoxy) is 1. The van der Waals surface area contributed by atoms with Gasteiger partial charge in [-0.2, -0.15) is 4.98 Å². The number of rotatable bonds is 6. The fourth-order valence-corrected chi connectivity index (χ4v) is 4.22. The highest BCUT2D eigenvalue weighted by atomic mass is 79.9. The zero-order valence-electron chi connectivity index (χ0n) is 15.9. The van der Waals surface area contributed by atoms with Crippen molar-refractivity contribution in [2.75, 3.05) is 14.2 Å². The van der Waals surface area contributed by atoms with Crippen molar-refractivity contribution in [1.29, 1.82) is 0 Å². The molecule has 28 heavy (non-hydrogen) atoms. The van der Waals surface area contributed by atoms with Crippen LogP contribution < -0.4 is 4.74 Å². The summed E-state index contributed by atoms with van der Waals surface area (Å²) in [5, 5.41) is 9.72. The average molecular weight is 469 g/mol. The van der Waals surface area contributed by atoms with E-state index in [1.807, 2.05) is 25.2 Å². The summed E-state index contributed by atoms with van der Waals surface area (Å²) >= 11 is 9.79. The van der Waals surface area contributed by atoms with E-state index in [0.717, 1.165) is 41.3 Å². The Kier molecular flexibility index (Phi) is 6.91. The second-order valence-corrected chi connectivity index (χ2v) is 8.32. The van der Waals surface area contributed by atoms with Crippen molar-refractivity contribution in [2.45, 2.75) is 38.3 Å². The summed E-state index contributed by atoms with van der Waals surface area (Å²) in [6, 6.07) is 5.97. The average Bonchev–Trinajstić information content (AvgIpc) is 2.70. The van der Waals surface area contributed by atoms with Gasteiger partial charge in [-0.15, -0.1) is 0 Å². The van der Waals surface area contributed by atoms with Crippen molar-refractivity contribution in [3.05, 3.63) is 39.5 Å². The third kappa shape index (κ3) is 4.64. The minimum absolute atomic E-state index is 0.211. The number of aliphatic carboxylic acids is 1. The van der Waals surface area contributed by atoms with Crippen LogP contribution >= 0.6 is 27.5 Å². The first-order chi connectivity index (χ1) is 13.4. The third-order valence-corrected chi connectivity index (χ3v) is 6.60. The van der Waals surface area contributed by atoms with Gasteiger partial charge in [-0.05, 0) is 60.8 Å². The van der Waals surface area contributed by atoms with Crippen molar-refractivity contribution in [3.63, 3.8) is 0 Å². The van der Waals surface area contributed by atoms with E-state index in [0.29, 0.717) is 29.3 Å². The molecule has 0 spiro atoms. The maximum Gasteiger partial charge on any atom is 0.306 e. The molecule has 1 heterocycles. The van der Waals surface area contributed by atoms with E-state index in [9.17, 15) is 4.79 Å². The summed E-state index contributed by atoms with van der Waals surface area (Å²) < 4.78 is 6.29. The van der Waals surface area contributed by atoms with E-state index < -0.39 is 5.97 Å². The maximum atomic E-state index is 11.1. The van der Waals surface area contributed by atoms with Crippen molar-refractivity contribution in [1.82, 2.24) is 14.9 Å². The molecule has 1 saturated carbocycles. The topological polar surface area (TPSA) is 75.6 Å². The van der Waals surface area contributed by atoms with E-state index in [-0.39, 0.29) is 5.92 Å². The van der Waals surface area contributed by atoms with Gasteiger partial charge in [0.25, 0.3) is 0 Å². The Hall–Kier alpha value is -1.70. The molecule has 8 heteroatoms. The molecular formula is C20H23BrClN3O3. The van der Waals surface area contributed by atoms with E-state index >= 15 is 0 Å². The molecule has 0 atom stereocenters. The van der Waals surface area contributed by atoms with Crippen LogP contribution in [0.2, 0.25) is 5.02 Å². The first kappa shape index (κ1) is 21.0. The van der Waals surface area contributed by atoms with Crippen LogP contribution in [-0.4, -0.2) is 46.1 Å². The summed E-state index contributed by atoms with van der Waals surface area (Å²) in [4.78, 5) is 22.4. The number of methoxy groups -OCH3 is 1. The van der Waals surface area contributed by atoms with Gasteiger partial charge < -0.3 is 9.84 Å². The first-order valence-corrected chi connectivity index (χ1v) is 10.3. The van der Waals surface area contributed by atoms with Crippen LogP contribution in [0.15, 0.2) is 28.9 Å². The highest BCUT2D eigenvalue weighted by Crippen LogP contribution is 2.33. The van der Waals surface area contributed by atoms with Gasteiger partial charge in [-0.3, -0.25) is 9.69 Å². The Morgan fingerprint density at radius 2 is 2.07 bits per heavy atom. The normalized spacial score (nSPS) is 19.6.